The average Bonchev–Trinajstić information content (AvgIpc) is 2.70. The lowest BCUT2D eigenvalue weighted by molar-refractivity contribution is 1.05. The highest BCUT2D eigenvalue weighted by molar-refractivity contribution is 7.13. The molecule has 3 nitrogen and oxygen atoms in total. The van der Waals surface area contributed by atoms with E-state index >= 15 is 0 Å². The minimum Gasteiger partial charge on any atom is -0.326 e. The van der Waals surface area contributed by atoms with Gasteiger partial charge in [-0.15, -0.1) is 11.3 Å². The molecule has 4 heteroatoms. The minimum atomic E-state index is 0.503. The number of nitrogens with zero attached hydrogens (tertiary/aromatic N) is 2. The van der Waals surface area contributed by atoms with Gasteiger partial charge in [-0.3, -0.25) is 4.98 Å². The summed E-state index contributed by atoms with van der Waals surface area (Å²) >= 11 is 1.58. The summed E-state index contributed by atoms with van der Waals surface area (Å²) in [4.78, 5) is 8.46. The Morgan fingerprint density at radius 1 is 1.31 bits per heavy atom. The molecule has 0 aromatic carbocycles. The fourth-order valence-corrected chi connectivity index (χ4v) is 1.80. The molecule has 2 aromatic heterocycles. The minimum absolute atomic E-state index is 0.503. The number of hydrogen-bond acceptors (Lipinski definition) is 4. The van der Waals surface area contributed by atoms with Crippen LogP contribution in [0.15, 0.2) is 29.9 Å². The van der Waals surface area contributed by atoms with Crippen molar-refractivity contribution in [3.8, 4) is 10.7 Å². The largest absolute Gasteiger partial charge is 0.326 e. The molecule has 0 spiro atoms. The van der Waals surface area contributed by atoms with Crippen molar-refractivity contribution in [3.05, 3.63) is 35.5 Å². The second-order valence-corrected chi connectivity index (χ2v) is 3.45. The molecule has 0 fully saturated rings. The van der Waals surface area contributed by atoms with Crippen LogP contribution in [-0.4, -0.2) is 9.97 Å². The van der Waals surface area contributed by atoms with Gasteiger partial charge in [-0.1, -0.05) is 6.07 Å². The zero-order chi connectivity index (χ0) is 9.10. The second-order valence-electron chi connectivity index (χ2n) is 2.55. The molecule has 2 heterocycles. The van der Waals surface area contributed by atoms with Gasteiger partial charge >= 0.3 is 0 Å². The third-order valence-corrected chi connectivity index (χ3v) is 2.53. The van der Waals surface area contributed by atoms with E-state index in [1.54, 1.807) is 23.7 Å². The average molecular weight is 191 g/mol. The lowest BCUT2D eigenvalue weighted by Gasteiger charge is -2.01. The van der Waals surface area contributed by atoms with Crippen LogP contribution in [0.3, 0.4) is 0 Å². The third kappa shape index (κ3) is 1.59. The predicted octanol–water partition coefficient (Wildman–Crippen LogP) is 1.66. The molecule has 2 aromatic rings. The summed E-state index contributed by atoms with van der Waals surface area (Å²) in [5.41, 5.74) is 7.54. The molecule has 0 aliphatic rings. The molecule has 13 heavy (non-hydrogen) atoms. The summed E-state index contributed by atoms with van der Waals surface area (Å²) in [5.74, 6) is 0. The molecule has 0 radical (unpaired) electrons. The Kier molecular flexibility index (Phi) is 2.33. The number of rotatable bonds is 2. The first-order valence-electron chi connectivity index (χ1n) is 3.95. The number of pyridine rings is 1. The van der Waals surface area contributed by atoms with Crippen molar-refractivity contribution in [3.63, 3.8) is 0 Å². The van der Waals surface area contributed by atoms with Gasteiger partial charge in [-0.2, -0.15) is 0 Å². The van der Waals surface area contributed by atoms with E-state index in [0.717, 1.165) is 16.3 Å². The summed E-state index contributed by atoms with van der Waals surface area (Å²) in [5, 5.41) is 2.87. The van der Waals surface area contributed by atoms with Crippen LogP contribution >= 0.6 is 11.3 Å². The first-order valence-corrected chi connectivity index (χ1v) is 4.83. The lowest BCUT2D eigenvalue weighted by Crippen LogP contribution is -1.99. The molecular weight excluding hydrogens is 182 g/mol. The van der Waals surface area contributed by atoms with Crippen LogP contribution in [0.5, 0.6) is 0 Å². The lowest BCUT2D eigenvalue weighted by atomic mass is 10.2. The van der Waals surface area contributed by atoms with E-state index in [-0.39, 0.29) is 0 Å². The molecule has 0 aliphatic heterocycles. The number of hydrogen-bond donors (Lipinski definition) is 1. The van der Waals surface area contributed by atoms with E-state index < -0.39 is 0 Å². The zero-order valence-electron chi connectivity index (χ0n) is 6.97. The predicted molar refractivity (Wildman–Crippen MR) is 53.2 cm³/mol. The molecule has 0 atom stereocenters. The standard InChI is InChI=1S/C9H9N3S/c10-6-7-2-1-3-11-8(7)9-12-4-5-13-9/h1-5H,6,10H2. The van der Waals surface area contributed by atoms with E-state index in [1.807, 2.05) is 17.5 Å². The van der Waals surface area contributed by atoms with Gasteiger partial charge in [0.15, 0.2) is 0 Å². The van der Waals surface area contributed by atoms with Gasteiger partial charge in [-0.25, -0.2) is 4.98 Å². The van der Waals surface area contributed by atoms with Gasteiger partial charge in [0.2, 0.25) is 0 Å². The van der Waals surface area contributed by atoms with Crippen LogP contribution < -0.4 is 5.73 Å². The maximum atomic E-state index is 5.59. The Bertz CT molecular complexity index is 384. The highest BCUT2D eigenvalue weighted by Crippen LogP contribution is 2.22. The van der Waals surface area contributed by atoms with E-state index in [9.17, 15) is 0 Å². The molecule has 66 valence electrons. The van der Waals surface area contributed by atoms with Crippen LogP contribution in [0, 0.1) is 0 Å². The van der Waals surface area contributed by atoms with Crippen molar-refractivity contribution in [1.29, 1.82) is 0 Å². The maximum Gasteiger partial charge on any atom is 0.142 e. The molecule has 0 aliphatic carbocycles. The van der Waals surface area contributed by atoms with Crippen LogP contribution in [0.1, 0.15) is 5.56 Å². The van der Waals surface area contributed by atoms with Crippen molar-refractivity contribution in [2.45, 2.75) is 6.54 Å². The summed E-state index contributed by atoms with van der Waals surface area (Å²) in [6.07, 6.45) is 3.53. The van der Waals surface area contributed by atoms with Crippen molar-refractivity contribution < 1.29 is 0 Å². The van der Waals surface area contributed by atoms with Crippen LogP contribution in [-0.2, 0) is 6.54 Å². The number of thiazole rings is 1. The molecule has 2 rings (SSSR count). The normalized spacial score (nSPS) is 10.2. The van der Waals surface area contributed by atoms with E-state index in [1.165, 1.54) is 0 Å². The Hall–Kier alpha value is -1.26. The summed E-state index contributed by atoms with van der Waals surface area (Å²) in [6.45, 7) is 0.503. The summed E-state index contributed by atoms with van der Waals surface area (Å²) in [6, 6.07) is 3.86. The van der Waals surface area contributed by atoms with Gasteiger partial charge in [0.1, 0.15) is 10.7 Å². The van der Waals surface area contributed by atoms with Crippen LogP contribution in [0.4, 0.5) is 0 Å². The van der Waals surface area contributed by atoms with Crippen molar-refractivity contribution in [2.75, 3.05) is 0 Å². The van der Waals surface area contributed by atoms with E-state index in [2.05, 4.69) is 9.97 Å². The Labute approximate surface area is 80.3 Å². The van der Waals surface area contributed by atoms with Gasteiger partial charge in [0.25, 0.3) is 0 Å². The molecule has 0 amide bonds. The van der Waals surface area contributed by atoms with Crippen molar-refractivity contribution in [1.82, 2.24) is 9.97 Å². The van der Waals surface area contributed by atoms with Crippen LogP contribution in [0.2, 0.25) is 0 Å². The van der Waals surface area contributed by atoms with Gasteiger partial charge in [-0.05, 0) is 11.6 Å². The molecule has 0 saturated heterocycles. The molecule has 0 saturated carbocycles. The molecule has 0 bridgehead atoms. The quantitative estimate of drug-likeness (QED) is 0.785. The first kappa shape index (κ1) is 8.34. The van der Waals surface area contributed by atoms with E-state index in [4.69, 9.17) is 5.73 Å². The second kappa shape index (κ2) is 3.64. The molecule has 2 N–H and O–H groups in total. The molecular formula is C9H9N3S. The van der Waals surface area contributed by atoms with Crippen molar-refractivity contribution >= 4 is 11.3 Å². The first-order chi connectivity index (χ1) is 6.42. The third-order valence-electron chi connectivity index (χ3n) is 1.75. The van der Waals surface area contributed by atoms with Crippen molar-refractivity contribution in [2.24, 2.45) is 5.73 Å². The van der Waals surface area contributed by atoms with E-state index in [0.29, 0.717) is 6.54 Å². The highest BCUT2D eigenvalue weighted by atomic mass is 32.1. The monoisotopic (exact) mass is 191 g/mol. The van der Waals surface area contributed by atoms with Gasteiger partial charge in [0.05, 0.1) is 0 Å². The SMILES string of the molecule is NCc1cccnc1-c1nccs1. The summed E-state index contributed by atoms with van der Waals surface area (Å²) in [7, 11) is 0. The smallest absolute Gasteiger partial charge is 0.142 e. The Morgan fingerprint density at radius 2 is 2.23 bits per heavy atom. The Morgan fingerprint density at radius 3 is 2.92 bits per heavy atom. The number of nitrogens with two attached hydrogens (primary N) is 1. The fourth-order valence-electron chi connectivity index (χ4n) is 1.14. The topological polar surface area (TPSA) is 51.8 Å². The van der Waals surface area contributed by atoms with Gasteiger partial charge in [0, 0.05) is 24.3 Å². The van der Waals surface area contributed by atoms with Gasteiger partial charge < -0.3 is 5.73 Å². The highest BCUT2D eigenvalue weighted by Gasteiger charge is 2.05. The Balaban J connectivity index is 2.51. The van der Waals surface area contributed by atoms with Crippen LogP contribution in [0.25, 0.3) is 10.7 Å². The fraction of sp³-hybridized carbons (Fsp3) is 0.111. The maximum absolute atomic E-state index is 5.59. The number of aromatic nitrogens is 2. The molecule has 0 unspecified atom stereocenters. The summed E-state index contributed by atoms with van der Waals surface area (Å²) < 4.78 is 0. The zero-order valence-corrected chi connectivity index (χ0v) is 7.79.